The van der Waals surface area contributed by atoms with E-state index in [0.717, 1.165) is 10.6 Å². The fourth-order valence-corrected chi connectivity index (χ4v) is 2.25. The Kier molecular flexibility index (Phi) is 3.52. The van der Waals surface area contributed by atoms with Gasteiger partial charge in [0.1, 0.15) is 5.82 Å². The first-order chi connectivity index (χ1) is 8.58. The molecule has 0 saturated heterocycles. The molecular formula is C11H13N5OS. The van der Waals surface area contributed by atoms with Gasteiger partial charge in [-0.25, -0.2) is 4.98 Å². The van der Waals surface area contributed by atoms with Gasteiger partial charge in [-0.3, -0.25) is 4.79 Å². The Morgan fingerprint density at radius 1 is 1.44 bits per heavy atom. The third-order valence-electron chi connectivity index (χ3n) is 2.48. The van der Waals surface area contributed by atoms with Gasteiger partial charge in [0.05, 0.1) is 17.7 Å². The van der Waals surface area contributed by atoms with Crippen LogP contribution in [0.1, 0.15) is 21.1 Å². The van der Waals surface area contributed by atoms with Crippen molar-refractivity contribution in [3.63, 3.8) is 0 Å². The molecule has 2 aromatic rings. The summed E-state index contributed by atoms with van der Waals surface area (Å²) in [4.78, 5) is 18.9. The summed E-state index contributed by atoms with van der Waals surface area (Å²) in [6.45, 7) is 2.44. The predicted octanol–water partition coefficient (Wildman–Crippen LogP) is 1.10. The van der Waals surface area contributed by atoms with E-state index in [0.29, 0.717) is 12.4 Å². The quantitative estimate of drug-likeness (QED) is 0.896. The lowest BCUT2D eigenvalue weighted by Gasteiger charge is -2.15. The molecule has 0 radical (unpaired) electrons. The van der Waals surface area contributed by atoms with Crippen LogP contribution in [0.25, 0.3) is 0 Å². The number of hydrogen-bond donors (Lipinski definition) is 1. The van der Waals surface area contributed by atoms with Crippen LogP contribution in [-0.4, -0.2) is 33.0 Å². The molecular weight excluding hydrogens is 250 g/mol. The fourth-order valence-electron chi connectivity index (χ4n) is 1.42. The van der Waals surface area contributed by atoms with E-state index < -0.39 is 0 Å². The third kappa shape index (κ3) is 2.62. The number of hydrogen-bond acceptors (Lipinski definition) is 6. The molecule has 2 aromatic heterocycles. The molecule has 1 amide bonds. The molecule has 0 aromatic carbocycles. The number of carbonyl (C=O) groups excluding carboxylic acids is 1. The van der Waals surface area contributed by atoms with Gasteiger partial charge in [0, 0.05) is 11.9 Å². The normalized spacial score (nSPS) is 10.3. The maximum atomic E-state index is 12.1. The summed E-state index contributed by atoms with van der Waals surface area (Å²) >= 11 is 1.53. The lowest BCUT2D eigenvalue weighted by atomic mass is 10.3. The van der Waals surface area contributed by atoms with Gasteiger partial charge < -0.3 is 10.6 Å². The van der Waals surface area contributed by atoms with Crippen molar-refractivity contribution in [3.8, 4) is 0 Å². The summed E-state index contributed by atoms with van der Waals surface area (Å²) in [6.07, 6.45) is 0. The van der Waals surface area contributed by atoms with Gasteiger partial charge in [-0.15, -0.1) is 21.5 Å². The zero-order chi connectivity index (χ0) is 13.1. The van der Waals surface area contributed by atoms with E-state index in [9.17, 15) is 4.79 Å². The monoisotopic (exact) mass is 263 g/mol. The highest BCUT2D eigenvalue weighted by Gasteiger charge is 2.15. The second-order valence-electron chi connectivity index (χ2n) is 3.87. The lowest BCUT2D eigenvalue weighted by Crippen LogP contribution is -2.27. The topological polar surface area (TPSA) is 85.0 Å². The molecule has 0 bridgehead atoms. The maximum Gasteiger partial charge on any atom is 0.274 e. The number of thiazole rings is 1. The van der Waals surface area contributed by atoms with Gasteiger partial charge in [-0.05, 0) is 19.1 Å². The molecule has 18 heavy (non-hydrogen) atoms. The second kappa shape index (κ2) is 5.09. The number of nitrogens with zero attached hydrogens (tertiary/aromatic N) is 4. The van der Waals surface area contributed by atoms with Crippen LogP contribution in [0, 0.1) is 6.92 Å². The third-order valence-corrected chi connectivity index (χ3v) is 3.40. The first kappa shape index (κ1) is 12.4. The van der Waals surface area contributed by atoms with E-state index >= 15 is 0 Å². The molecule has 0 spiro atoms. The van der Waals surface area contributed by atoms with E-state index in [2.05, 4.69) is 15.2 Å². The van der Waals surface area contributed by atoms with Crippen molar-refractivity contribution in [1.82, 2.24) is 20.1 Å². The zero-order valence-corrected chi connectivity index (χ0v) is 10.9. The minimum atomic E-state index is -0.185. The highest BCUT2D eigenvalue weighted by Crippen LogP contribution is 2.15. The van der Waals surface area contributed by atoms with Gasteiger partial charge in [0.2, 0.25) is 0 Å². The minimum absolute atomic E-state index is 0.185. The smallest absolute Gasteiger partial charge is 0.274 e. The van der Waals surface area contributed by atoms with Crippen LogP contribution in [0.4, 0.5) is 5.82 Å². The number of carbonyl (C=O) groups is 1. The van der Waals surface area contributed by atoms with Gasteiger partial charge in [-0.2, -0.15) is 0 Å². The highest BCUT2D eigenvalue weighted by atomic mass is 32.1. The van der Waals surface area contributed by atoms with Gasteiger partial charge in [0.15, 0.2) is 5.69 Å². The summed E-state index contributed by atoms with van der Waals surface area (Å²) in [6, 6.07) is 3.13. The Hall–Kier alpha value is -2.02. The highest BCUT2D eigenvalue weighted by molar-refractivity contribution is 7.09. The number of nitrogen functional groups attached to an aromatic ring is 1. The predicted molar refractivity (Wildman–Crippen MR) is 69.1 cm³/mol. The number of aromatic nitrogens is 3. The molecule has 0 atom stereocenters. The molecule has 6 nitrogen and oxygen atoms in total. The molecule has 0 fully saturated rings. The fraction of sp³-hybridized carbons (Fsp3) is 0.273. The summed E-state index contributed by atoms with van der Waals surface area (Å²) in [5.74, 6) is 0.114. The number of amides is 1. The molecule has 0 aliphatic rings. The average Bonchev–Trinajstić information content (AvgIpc) is 2.75. The average molecular weight is 263 g/mol. The van der Waals surface area contributed by atoms with E-state index in [1.54, 1.807) is 29.6 Å². The largest absolute Gasteiger partial charge is 0.382 e. The number of nitrogens with two attached hydrogens (primary N) is 1. The first-order valence-electron chi connectivity index (χ1n) is 5.31. The Morgan fingerprint density at radius 3 is 2.78 bits per heavy atom. The van der Waals surface area contributed by atoms with Crippen molar-refractivity contribution in [3.05, 3.63) is 33.9 Å². The van der Waals surface area contributed by atoms with Crippen LogP contribution in [0.3, 0.4) is 0 Å². The van der Waals surface area contributed by atoms with Crippen LogP contribution in [0.5, 0.6) is 0 Å². The van der Waals surface area contributed by atoms with Crippen molar-refractivity contribution in [2.24, 2.45) is 0 Å². The van der Waals surface area contributed by atoms with E-state index in [4.69, 9.17) is 5.73 Å². The molecule has 94 valence electrons. The molecule has 0 aliphatic carbocycles. The van der Waals surface area contributed by atoms with Gasteiger partial charge in [0.25, 0.3) is 5.91 Å². The number of aryl methyl sites for hydroxylation is 1. The summed E-state index contributed by atoms with van der Waals surface area (Å²) in [5.41, 5.74) is 8.43. The van der Waals surface area contributed by atoms with Crippen molar-refractivity contribution in [1.29, 1.82) is 0 Å². The molecule has 2 heterocycles. The summed E-state index contributed by atoms with van der Waals surface area (Å²) in [5, 5.41) is 7.44. The van der Waals surface area contributed by atoms with E-state index in [-0.39, 0.29) is 11.6 Å². The van der Waals surface area contributed by atoms with Crippen LogP contribution in [-0.2, 0) is 6.54 Å². The van der Waals surface area contributed by atoms with E-state index in [1.807, 2.05) is 6.92 Å². The Morgan fingerprint density at radius 2 is 2.22 bits per heavy atom. The molecule has 7 heteroatoms. The molecule has 2 N–H and O–H groups in total. The van der Waals surface area contributed by atoms with Crippen LogP contribution in [0.15, 0.2) is 17.6 Å². The van der Waals surface area contributed by atoms with Crippen LogP contribution < -0.4 is 5.73 Å². The first-order valence-corrected chi connectivity index (χ1v) is 6.19. The number of rotatable bonds is 3. The second-order valence-corrected chi connectivity index (χ2v) is 4.80. The molecule has 0 saturated carbocycles. The molecule has 0 aliphatic heterocycles. The Bertz CT molecular complexity index is 551. The number of anilines is 1. The molecule has 0 unspecified atom stereocenters. The van der Waals surface area contributed by atoms with Crippen LogP contribution in [0.2, 0.25) is 0 Å². The zero-order valence-electron chi connectivity index (χ0n) is 10.1. The lowest BCUT2D eigenvalue weighted by molar-refractivity contribution is 0.0779. The van der Waals surface area contributed by atoms with Crippen molar-refractivity contribution < 1.29 is 4.79 Å². The van der Waals surface area contributed by atoms with Crippen molar-refractivity contribution in [2.75, 3.05) is 12.8 Å². The van der Waals surface area contributed by atoms with Crippen molar-refractivity contribution in [2.45, 2.75) is 13.5 Å². The maximum absolute atomic E-state index is 12.1. The van der Waals surface area contributed by atoms with Gasteiger partial charge >= 0.3 is 0 Å². The van der Waals surface area contributed by atoms with Crippen LogP contribution >= 0.6 is 11.3 Å². The summed E-state index contributed by atoms with van der Waals surface area (Å²) < 4.78 is 0. The molecule has 2 rings (SSSR count). The standard InChI is InChI=1S/C11H13N5OS/c1-7-9(18-6-13-7)5-16(2)11(17)8-3-4-10(12)15-14-8/h3-4,6H,5H2,1-2H3,(H2,12,15). The SMILES string of the molecule is Cc1ncsc1CN(C)C(=O)c1ccc(N)nn1. The van der Waals surface area contributed by atoms with Crippen molar-refractivity contribution >= 4 is 23.1 Å². The Labute approximate surface area is 108 Å². The van der Waals surface area contributed by atoms with Gasteiger partial charge in [-0.1, -0.05) is 0 Å². The summed E-state index contributed by atoms with van der Waals surface area (Å²) in [7, 11) is 1.72. The van der Waals surface area contributed by atoms with E-state index in [1.165, 1.54) is 11.3 Å². The minimum Gasteiger partial charge on any atom is -0.382 e. The Balaban J connectivity index is 2.09.